The minimum absolute atomic E-state index is 0.0641. The van der Waals surface area contributed by atoms with Crippen LogP contribution in [0.1, 0.15) is 31.4 Å². The molecular weight excluding hydrogens is 443 g/mol. The second-order valence-corrected chi connectivity index (χ2v) is 7.81. The Balaban J connectivity index is 1.61. The topological polar surface area (TPSA) is 78.4 Å². The summed E-state index contributed by atoms with van der Waals surface area (Å²) >= 11 is 12.1. The lowest BCUT2D eigenvalue weighted by Gasteiger charge is -2.20. The largest absolute Gasteiger partial charge is 0.490 e. The number of hydrogen-bond acceptors (Lipinski definition) is 6. The molecule has 0 unspecified atom stereocenters. The molecule has 0 bridgehead atoms. The van der Waals surface area contributed by atoms with E-state index in [1.807, 2.05) is 19.1 Å². The Kier molecular flexibility index (Phi) is 8.15. The summed E-state index contributed by atoms with van der Waals surface area (Å²) in [7, 11) is 0. The third-order valence-corrected chi connectivity index (χ3v) is 5.04. The van der Waals surface area contributed by atoms with Gasteiger partial charge in [-0.05, 0) is 49.7 Å². The second-order valence-electron chi connectivity index (χ2n) is 6.96. The molecule has 2 aromatic rings. The highest BCUT2D eigenvalue weighted by Crippen LogP contribution is 2.30. The Hall–Kier alpha value is -2.32. The number of carbonyl (C=O) groups is 1. The van der Waals surface area contributed by atoms with Gasteiger partial charge in [0.2, 0.25) is 5.91 Å². The normalized spacial score (nSPS) is 15.2. The Morgan fingerprint density at radius 2 is 1.94 bits per heavy atom. The average molecular weight is 467 g/mol. The van der Waals surface area contributed by atoms with Crippen molar-refractivity contribution in [2.75, 3.05) is 19.8 Å². The van der Waals surface area contributed by atoms with Crippen molar-refractivity contribution in [3.8, 4) is 11.5 Å². The highest BCUT2D eigenvalue weighted by Gasteiger charge is 2.33. The molecule has 1 aliphatic heterocycles. The Morgan fingerprint density at radius 1 is 1.16 bits per heavy atom. The summed E-state index contributed by atoms with van der Waals surface area (Å²) < 4.78 is 22.4. The third-order valence-electron chi connectivity index (χ3n) is 4.45. The van der Waals surface area contributed by atoms with E-state index < -0.39 is 5.79 Å². The molecule has 0 radical (unpaired) electrons. The summed E-state index contributed by atoms with van der Waals surface area (Å²) in [5.41, 5.74) is 4.03. The SMILES string of the molecule is CCOc1cc(/C=N/NC(=O)CC2(C)OCCO2)ccc1OCc1ccc(Cl)cc1Cl. The number of rotatable bonds is 9. The van der Waals surface area contributed by atoms with Crippen molar-refractivity contribution < 1.29 is 23.7 Å². The van der Waals surface area contributed by atoms with E-state index in [2.05, 4.69) is 10.5 Å². The molecule has 0 aliphatic carbocycles. The van der Waals surface area contributed by atoms with Crippen molar-refractivity contribution in [1.29, 1.82) is 0 Å². The van der Waals surface area contributed by atoms with Crippen molar-refractivity contribution in [2.45, 2.75) is 32.7 Å². The van der Waals surface area contributed by atoms with Gasteiger partial charge in [0.05, 0.1) is 32.5 Å². The van der Waals surface area contributed by atoms with Crippen molar-refractivity contribution in [3.05, 3.63) is 57.6 Å². The van der Waals surface area contributed by atoms with Gasteiger partial charge in [-0.25, -0.2) is 5.43 Å². The first-order chi connectivity index (χ1) is 14.9. The van der Waals surface area contributed by atoms with Crippen molar-refractivity contribution in [1.82, 2.24) is 5.43 Å². The van der Waals surface area contributed by atoms with E-state index >= 15 is 0 Å². The smallest absolute Gasteiger partial charge is 0.245 e. The zero-order valence-electron chi connectivity index (χ0n) is 17.3. The van der Waals surface area contributed by atoms with Gasteiger partial charge in [0, 0.05) is 15.6 Å². The number of amides is 1. The molecule has 1 heterocycles. The number of hydrogen-bond donors (Lipinski definition) is 1. The predicted octanol–water partition coefficient (Wildman–Crippen LogP) is 4.57. The van der Waals surface area contributed by atoms with Crippen LogP contribution in [-0.4, -0.2) is 37.7 Å². The van der Waals surface area contributed by atoms with Crippen molar-refractivity contribution in [2.24, 2.45) is 5.10 Å². The van der Waals surface area contributed by atoms with Gasteiger partial charge in [0.1, 0.15) is 6.61 Å². The summed E-state index contributed by atoms with van der Waals surface area (Å²) in [6, 6.07) is 10.6. The standard InChI is InChI=1S/C22H24Cl2N2O5/c1-3-28-20-10-15(13-25-26-21(27)12-22(2)30-8-9-31-22)4-7-19(20)29-14-16-5-6-17(23)11-18(16)24/h4-7,10-11,13H,3,8-9,12,14H2,1-2H3,(H,26,27)/b25-13+. The highest BCUT2D eigenvalue weighted by atomic mass is 35.5. The fraction of sp³-hybridized carbons (Fsp3) is 0.364. The van der Waals surface area contributed by atoms with E-state index in [1.165, 1.54) is 6.21 Å². The predicted molar refractivity (Wildman–Crippen MR) is 119 cm³/mol. The number of benzene rings is 2. The quantitative estimate of drug-likeness (QED) is 0.432. The van der Waals surface area contributed by atoms with Crippen LogP contribution in [0.5, 0.6) is 11.5 Å². The zero-order valence-corrected chi connectivity index (χ0v) is 18.8. The van der Waals surface area contributed by atoms with Gasteiger partial charge in [-0.2, -0.15) is 5.10 Å². The minimum atomic E-state index is -0.895. The molecule has 166 valence electrons. The van der Waals surface area contributed by atoms with Crippen LogP contribution < -0.4 is 14.9 Å². The van der Waals surface area contributed by atoms with Gasteiger partial charge >= 0.3 is 0 Å². The molecule has 1 aliphatic rings. The Morgan fingerprint density at radius 3 is 2.65 bits per heavy atom. The lowest BCUT2D eigenvalue weighted by Crippen LogP contribution is -2.33. The number of hydrazone groups is 1. The first-order valence-electron chi connectivity index (χ1n) is 9.82. The maximum Gasteiger partial charge on any atom is 0.245 e. The van der Waals surface area contributed by atoms with Crippen LogP contribution in [0.25, 0.3) is 0 Å². The Labute approximate surface area is 191 Å². The molecule has 1 N–H and O–H groups in total. The third kappa shape index (κ3) is 6.83. The average Bonchev–Trinajstić information content (AvgIpc) is 3.14. The zero-order chi connectivity index (χ0) is 22.3. The minimum Gasteiger partial charge on any atom is -0.490 e. The maximum atomic E-state index is 12.0. The van der Waals surface area contributed by atoms with E-state index in [4.69, 9.17) is 42.1 Å². The first kappa shape index (κ1) is 23.3. The molecule has 31 heavy (non-hydrogen) atoms. The monoisotopic (exact) mass is 466 g/mol. The number of ether oxygens (including phenoxy) is 4. The van der Waals surface area contributed by atoms with Gasteiger partial charge in [-0.15, -0.1) is 0 Å². The molecule has 7 nitrogen and oxygen atoms in total. The molecule has 2 aromatic carbocycles. The molecule has 9 heteroatoms. The summed E-state index contributed by atoms with van der Waals surface area (Å²) in [5.74, 6) is -0.0700. The first-order valence-corrected chi connectivity index (χ1v) is 10.6. The van der Waals surface area contributed by atoms with Crippen LogP contribution in [-0.2, 0) is 20.9 Å². The van der Waals surface area contributed by atoms with E-state index in [9.17, 15) is 4.79 Å². The molecule has 1 fully saturated rings. The van der Waals surface area contributed by atoms with Crippen LogP contribution in [0.2, 0.25) is 10.0 Å². The molecule has 0 saturated carbocycles. The summed E-state index contributed by atoms with van der Waals surface area (Å²) in [4.78, 5) is 12.0. The lowest BCUT2D eigenvalue weighted by molar-refractivity contribution is -0.159. The van der Waals surface area contributed by atoms with E-state index in [1.54, 1.807) is 31.2 Å². The molecule has 0 spiro atoms. The summed E-state index contributed by atoms with van der Waals surface area (Å²) in [6.45, 7) is 5.30. The van der Waals surface area contributed by atoms with Crippen LogP contribution >= 0.6 is 23.2 Å². The van der Waals surface area contributed by atoms with Crippen LogP contribution in [0.3, 0.4) is 0 Å². The van der Waals surface area contributed by atoms with Gasteiger partial charge in [0.15, 0.2) is 17.3 Å². The number of halogens is 2. The van der Waals surface area contributed by atoms with E-state index in [0.717, 1.165) is 11.1 Å². The van der Waals surface area contributed by atoms with Crippen LogP contribution in [0.4, 0.5) is 0 Å². The van der Waals surface area contributed by atoms with E-state index in [0.29, 0.717) is 41.4 Å². The fourth-order valence-electron chi connectivity index (χ4n) is 2.96. The molecule has 0 aromatic heterocycles. The van der Waals surface area contributed by atoms with Gasteiger partial charge in [-0.3, -0.25) is 4.79 Å². The summed E-state index contributed by atoms with van der Waals surface area (Å²) in [5, 5.41) is 5.10. The molecule has 3 rings (SSSR count). The van der Waals surface area contributed by atoms with E-state index in [-0.39, 0.29) is 18.9 Å². The fourth-order valence-corrected chi connectivity index (χ4v) is 3.42. The number of nitrogens with zero attached hydrogens (tertiary/aromatic N) is 1. The van der Waals surface area contributed by atoms with Crippen LogP contribution in [0.15, 0.2) is 41.5 Å². The van der Waals surface area contributed by atoms with Crippen molar-refractivity contribution in [3.63, 3.8) is 0 Å². The summed E-state index contributed by atoms with van der Waals surface area (Å²) in [6.07, 6.45) is 1.59. The van der Waals surface area contributed by atoms with Gasteiger partial charge < -0.3 is 18.9 Å². The Bertz CT molecular complexity index is 945. The van der Waals surface area contributed by atoms with Gasteiger partial charge in [-0.1, -0.05) is 29.3 Å². The lowest BCUT2D eigenvalue weighted by atomic mass is 10.2. The molecule has 1 amide bonds. The van der Waals surface area contributed by atoms with Crippen LogP contribution in [0, 0.1) is 0 Å². The molecule has 0 atom stereocenters. The highest BCUT2D eigenvalue weighted by molar-refractivity contribution is 6.35. The van der Waals surface area contributed by atoms with Crippen molar-refractivity contribution >= 4 is 35.3 Å². The molecule has 1 saturated heterocycles. The number of carbonyl (C=O) groups excluding carboxylic acids is 1. The maximum absolute atomic E-state index is 12.0. The van der Waals surface area contributed by atoms with Gasteiger partial charge in [0.25, 0.3) is 0 Å². The number of nitrogens with one attached hydrogen (secondary N) is 1. The molecular formula is C22H24Cl2N2O5. The second kappa shape index (κ2) is 10.8.